The van der Waals surface area contributed by atoms with Crippen molar-refractivity contribution in [3.63, 3.8) is 0 Å². The number of nitrogens with zero attached hydrogens (tertiary/aromatic N) is 1. The lowest BCUT2D eigenvalue weighted by Gasteiger charge is -2.32. The molecule has 0 aliphatic carbocycles. The Morgan fingerprint density at radius 1 is 1.38 bits per heavy atom. The molecule has 118 valence electrons. The molecule has 4 nitrogen and oxygen atoms in total. The van der Waals surface area contributed by atoms with Crippen LogP contribution in [0.1, 0.15) is 25.7 Å². The molecule has 0 amide bonds. The van der Waals surface area contributed by atoms with Crippen molar-refractivity contribution < 1.29 is 13.2 Å². The smallest absolute Gasteiger partial charge is 0.265 e. The number of benzene rings is 1. The van der Waals surface area contributed by atoms with Crippen LogP contribution in [0.5, 0.6) is 5.75 Å². The molecule has 0 radical (unpaired) electrons. The second-order valence-electron chi connectivity index (χ2n) is 5.30. The summed E-state index contributed by atoms with van der Waals surface area (Å²) in [6.07, 6.45) is 4.49. The lowest BCUT2D eigenvalue weighted by atomic mass is 10.0. The van der Waals surface area contributed by atoms with E-state index in [1.165, 1.54) is 18.9 Å². The van der Waals surface area contributed by atoms with E-state index in [-0.39, 0.29) is 10.6 Å². The van der Waals surface area contributed by atoms with Crippen LogP contribution in [0.2, 0.25) is 5.02 Å². The number of halogens is 2. The molecule has 1 aliphatic heterocycles. The maximum atomic E-state index is 11.5. The van der Waals surface area contributed by atoms with E-state index in [1.807, 2.05) is 0 Å². The summed E-state index contributed by atoms with van der Waals surface area (Å²) < 4.78 is 28.7. The number of rotatable bonds is 5. The highest BCUT2D eigenvalue weighted by molar-refractivity contribution is 8.13. The minimum atomic E-state index is -3.87. The van der Waals surface area contributed by atoms with E-state index in [1.54, 1.807) is 12.1 Å². The van der Waals surface area contributed by atoms with Crippen molar-refractivity contribution in [2.45, 2.75) is 36.6 Å². The van der Waals surface area contributed by atoms with Crippen molar-refractivity contribution in [3.8, 4) is 5.75 Å². The van der Waals surface area contributed by atoms with Crippen molar-refractivity contribution in [3.05, 3.63) is 23.2 Å². The molecule has 0 saturated carbocycles. The standard InChI is InChI=1S/C14H19Cl2NO3S/c1-17-8-3-2-4-12(17)7-9-20-13-6-5-11(15)10-14(13)21(16,18)19/h5-6,10,12H,2-4,7-9H2,1H3. The van der Waals surface area contributed by atoms with Crippen molar-refractivity contribution in [1.29, 1.82) is 0 Å². The van der Waals surface area contributed by atoms with Crippen LogP contribution in [-0.2, 0) is 9.05 Å². The van der Waals surface area contributed by atoms with Gasteiger partial charge in [0.05, 0.1) is 6.61 Å². The van der Waals surface area contributed by atoms with E-state index in [0.29, 0.717) is 17.7 Å². The molecule has 0 bridgehead atoms. The van der Waals surface area contributed by atoms with E-state index in [9.17, 15) is 8.42 Å². The Balaban J connectivity index is 2.00. The molecular weight excluding hydrogens is 333 g/mol. The van der Waals surface area contributed by atoms with Gasteiger partial charge in [-0.3, -0.25) is 0 Å². The summed E-state index contributed by atoms with van der Waals surface area (Å²) in [7, 11) is 3.65. The molecule has 1 aromatic rings. The molecule has 1 fully saturated rings. The topological polar surface area (TPSA) is 46.6 Å². The summed E-state index contributed by atoms with van der Waals surface area (Å²) in [5.41, 5.74) is 0. The van der Waals surface area contributed by atoms with Gasteiger partial charge in [-0.2, -0.15) is 0 Å². The Hall–Kier alpha value is -0.490. The molecule has 0 spiro atoms. The number of hydrogen-bond acceptors (Lipinski definition) is 4. The molecule has 1 saturated heterocycles. The molecule has 1 unspecified atom stereocenters. The lowest BCUT2D eigenvalue weighted by molar-refractivity contribution is 0.152. The summed E-state index contributed by atoms with van der Waals surface area (Å²) in [4.78, 5) is 2.25. The van der Waals surface area contributed by atoms with E-state index in [2.05, 4.69) is 11.9 Å². The average Bonchev–Trinajstić information content (AvgIpc) is 2.41. The Labute approximate surface area is 135 Å². The van der Waals surface area contributed by atoms with Crippen LogP contribution < -0.4 is 4.74 Å². The third-order valence-electron chi connectivity index (χ3n) is 3.80. The predicted molar refractivity (Wildman–Crippen MR) is 84.9 cm³/mol. The fourth-order valence-electron chi connectivity index (χ4n) is 2.61. The summed E-state index contributed by atoms with van der Waals surface area (Å²) in [5, 5.41) is 0.314. The lowest BCUT2D eigenvalue weighted by Crippen LogP contribution is -2.37. The van der Waals surface area contributed by atoms with E-state index >= 15 is 0 Å². The maximum Gasteiger partial charge on any atom is 0.265 e. The molecule has 1 heterocycles. The van der Waals surface area contributed by atoms with Gasteiger partial charge in [-0.25, -0.2) is 8.42 Å². The first-order chi connectivity index (χ1) is 9.88. The van der Waals surface area contributed by atoms with Gasteiger partial charge in [0.25, 0.3) is 9.05 Å². The van der Waals surface area contributed by atoms with Crippen molar-refractivity contribution in [2.75, 3.05) is 20.2 Å². The highest BCUT2D eigenvalue weighted by Crippen LogP contribution is 2.30. The maximum absolute atomic E-state index is 11.5. The molecular formula is C14H19Cl2NO3S. The first-order valence-corrected chi connectivity index (χ1v) is 9.64. The molecule has 7 heteroatoms. The largest absolute Gasteiger partial charge is 0.492 e. The van der Waals surface area contributed by atoms with E-state index in [4.69, 9.17) is 27.0 Å². The second kappa shape index (κ2) is 7.18. The van der Waals surface area contributed by atoms with Crippen LogP contribution in [0.25, 0.3) is 0 Å². The zero-order valence-electron chi connectivity index (χ0n) is 11.9. The molecule has 0 aromatic heterocycles. The number of piperidine rings is 1. The Kier molecular flexibility index (Phi) is 5.77. The van der Waals surface area contributed by atoms with Gasteiger partial charge < -0.3 is 9.64 Å². The van der Waals surface area contributed by atoms with Crippen LogP contribution >= 0.6 is 22.3 Å². The van der Waals surface area contributed by atoms with Crippen LogP contribution in [0.4, 0.5) is 0 Å². The minimum absolute atomic E-state index is 0.0753. The molecule has 2 rings (SSSR count). The third-order valence-corrected chi connectivity index (χ3v) is 5.38. The quantitative estimate of drug-likeness (QED) is 0.761. The van der Waals surface area contributed by atoms with Gasteiger partial charge in [-0.1, -0.05) is 18.0 Å². The van der Waals surface area contributed by atoms with E-state index in [0.717, 1.165) is 19.4 Å². The summed E-state index contributed by atoms with van der Waals surface area (Å²) in [5.74, 6) is 0.257. The summed E-state index contributed by atoms with van der Waals surface area (Å²) in [6, 6.07) is 4.94. The van der Waals surface area contributed by atoms with Crippen molar-refractivity contribution in [1.82, 2.24) is 4.90 Å². The second-order valence-corrected chi connectivity index (χ2v) is 8.27. The Morgan fingerprint density at radius 2 is 2.14 bits per heavy atom. The van der Waals surface area contributed by atoms with Crippen molar-refractivity contribution >= 4 is 31.3 Å². The van der Waals surface area contributed by atoms with Crippen LogP contribution in [0.3, 0.4) is 0 Å². The van der Waals surface area contributed by atoms with Crippen LogP contribution in [-0.4, -0.2) is 39.6 Å². The number of likely N-dealkylation sites (tertiary alicyclic amines) is 1. The molecule has 1 atom stereocenters. The SMILES string of the molecule is CN1CCCCC1CCOc1ccc(Cl)cc1S(=O)(=O)Cl. The normalized spacial score (nSPS) is 20.4. The molecule has 1 aromatic carbocycles. The minimum Gasteiger partial charge on any atom is -0.492 e. The fraction of sp³-hybridized carbons (Fsp3) is 0.571. The molecule has 21 heavy (non-hydrogen) atoms. The van der Waals surface area contributed by atoms with Gasteiger partial charge in [0.1, 0.15) is 10.6 Å². The van der Waals surface area contributed by atoms with Gasteiger partial charge >= 0.3 is 0 Å². The average molecular weight is 352 g/mol. The van der Waals surface area contributed by atoms with Gasteiger partial charge in [0.2, 0.25) is 0 Å². The van der Waals surface area contributed by atoms with Gasteiger partial charge in [-0.05, 0) is 51.1 Å². The molecule has 1 aliphatic rings. The summed E-state index contributed by atoms with van der Waals surface area (Å²) >= 11 is 5.81. The van der Waals surface area contributed by atoms with Crippen molar-refractivity contribution in [2.24, 2.45) is 0 Å². The third kappa shape index (κ3) is 4.74. The van der Waals surface area contributed by atoms with Gasteiger partial charge in [-0.15, -0.1) is 0 Å². The molecule has 0 N–H and O–H groups in total. The fourth-order valence-corrected chi connectivity index (χ4v) is 3.84. The first kappa shape index (κ1) is 16.9. The highest BCUT2D eigenvalue weighted by atomic mass is 35.7. The summed E-state index contributed by atoms with van der Waals surface area (Å²) in [6.45, 7) is 1.56. The zero-order chi connectivity index (χ0) is 15.5. The van der Waals surface area contributed by atoms with E-state index < -0.39 is 9.05 Å². The number of hydrogen-bond donors (Lipinski definition) is 0. The van der Waals surface area contributed by atoms with Crippen LogP contribution in [0, 0.1) is 0 Å². The Bertz CT molecular complexity index is 592. The first-order valence-electron chi connectivity index (χ1n) is 6.95. The number of ether oxygens (including phenoxy) is 1. The van der Waals surface area contributed by atoms with Gasteiger partial charge in [0.15, 0.2) is 0 Å². The zero-order valence-corrected chi connectivity index (χ0v) is 14.2. The van der Waals surface area contributed by atoms with Gasteiger partial charge in [0, 0.05) is 21.7 Å². The Morgan fingerprint density at radius 3 is 2.81 bits per heavy atom. The predicted octanol–water partition coefficient (Wildman–Crippen LogP) is 3.52. The monoisotopic (exact) mass is 351 g/mol. The van der Waals surface area contributed by atoms with Crippen LogP contribution in [0.15, 0.2) is 23.1 Å². The highest BCUT2D eigenvalue weighted by Gasteiger charge is 2.20.